The van der Waals surface area contributed by atoms with Gasteiger partial charge in [0.1, 0.15) is 17.3 Å². The molecular formula is C34H52N4O3. The third kappa shape index (κ3) is 9.81. The van der Waals surface area contributed by atoms with Crippen molar-refractivity contribution >= 4 is 5.78 Å². The maximum atomic E-state index is 11.2. The van der Waals surface area contributed by atoms with Gasteiger partial charge in [-0.15, -0.1) is 0 Å². The van der Waals surface area contributed by atoms with E-state index < -0.39 is 0 Å². The first kappa shape index (κ1) is 31.5. The number of nitrogens with zero attached hydrogens (tertiary/aromatic N) is 2. The minimum Gasteiger partial charge on any atom is -0.497 e. The monoisotopic (exact) mass is 564 g/mol. The molecule has 7 nitrogen and oxygen atoms in total. The Morgan fingerprint density at radius 3 is 1.85 bits per heavy atom. The van der Waals surface area contributed by atoms with E-state index in [4.69, 9.17) is 15.2 Å². The summed E-state index contributed by atoms with van der Waals surface area (Å²) in [6, 6.07) is 14.3. The van der Waals surface area contributed by atoms with E-state index >= 15 is 0 Å². The minimum absolute atomic E-state index is 0.334. The van der Waals surface area contributed by atoms with Gasteiger partial charge in [0.2, 0.25) is 0 Å². The Morgan fingerprint density at radius 2 is 1.27 bits per heavy atom. The number of nitrogens with two attached hydrogens (primary N) is 1. The van der Waals surface area contributed by atoms with Gasteiger partial charge in [-0.1, -0.05) is 12.1 Å². The molecule has 41 heavy (non-hydrogen) atoms. The van der Waals surface area contributed by atoms with Gasteiger partial charge < -0.3 is 30.3 Å². The second kappa shape index (κ2) is 15.7. The molecular weight excluding hydrogens is 512 g/mol. The topological polar surface area (TPSA) is 80.1 Å². The molecule has 2 aromatic rings. The number of piperidine rings is 2. The average Bonchev–Trinajstić information content (AvgIpc) is 2.99. The van der Waals surface area contributed by atoms with Crippen LogP contribution in [0.15, 0.2) is 36.4 Å². The fourth-order valence-corrected chi connectivity index (χ4v) is 6.25. The molecule has 2 heterocycles. The molecule has 2 fully saturated rings. The predicted octanol–water partition coefficient (Wildman–Crippen LogP) is 4.03. The Hall–Kier alpha value is -2.45. The summed E-state index contributed by atoms with van der Waals surface area (Å²) >= 11 is 0. The van der Waals surface area contributed by atoms with Gasteiger partial charge in [0.25, 0.3) is 0 Å². The highest BCUT2D eigenvalue weighted by molar-refractivity contribution is 5.83. The number of ether oxygens (including phenoxy) is 2. The number of rotatable bonds is 4. The summed E-state index contributed by atoms with van der Waals surface area (Å²) in [4.78, 5) is 15.9. The molecule has 4 aliphatic rings. The van der Waals surface area contributed by atoms with Crippen LogP contribution in [-0.2, 0) is 30.5 Å². The predicted molar refractivity (Wildman–Crippen MR) is 167 cm³/mol. The van der Waals surface area contributed by atoms with E-state index in [1.165, 1.54) is 81.4 Å². The molecule has 2 aliphatic heterocycles. The van der Waals surface area contributed by atoms with Crippen molar-refractivity contribution < 1.29 is 14.3 Å². The summed E-state index contributed by atoms with van der Waals surface area (Å²) in [6.45, 7) is 4.83. The smallest absolute Gasteiger partial charge is 0.137 e. The van der Waals surface area contributed by atoms with E-state index in [1.807, 2.05) is 12.1 Å². The SMILES string of the molecule is CN1CCC(N)CC1.COc1ccc2c(c1)CC(=O)CC2.COc1ccc2c(c1)CC(NC1CCN(C)CC1)CC2. The summed E-state index contributed by atoms with van der Waals surface area (Å²) in [5.74, 6) is 2.16. The van der Waals surface area contributed by atoms with Crippen molar-refractivity contribution in [3.8, 4) is 11.5 Å². The number of fused-ring (bicyclic) bond motifs is 2. The normalized spacial score (nSPS) is 21.9. The van der Waals surface area contributed by atoms with Gasteiger partial charge in [0, 0.05) is 31.0 Å². The molecule has 0 saturated carbocycles. The van der Waals surface area contributed by atoms with E-state index in [9.17, 15) is 4.79 Å². The van der Waals surface area contributed by atoms with Crippen LogP contribution in [0.1, 0.15) is 60.8 Å². The lowest BCUT2D eigenvalue weighted by Crippen LogP contribution is -2.46. The molecule has 2 aromatic carbocycles. The van der Waals surface area contributed by atoms with Gasteiger partial charge in [0.05, 0.1) is 14.2 Å². The average molecular weight is 565 g/mol. The Labute approximate surface area is 247 Å². The molecule has 0 aromatic heterocycles. The van der Waals surface area contributed by atoms with Crippen molar-refractivity contribution in [2.24, 2.45) is 5.73 Å². The molecule has 0 spiro atoms. The highest BCUT2D eigenvalue weighted by atomic mass is 16.5. The van der Waals surface area contributed by atoms with Crippen LogP contribution in [0.25, 0.3) is 0 Å². The number of hydrogen-bond acceptors (Lipinski definition) is 7. The third-order valence-electron chi connectivity index (χ3n) is 9.07. The van der Waals surface area contributed by atoms with Crippen molar-refractivity contribution in [1.82, 2.24) is 15.1 Å². The lowest BCUT2D eigenvalue weighted by molar-refractivity contribution is -0.118. The zero-order valence-electron chi connectivity index (χ0n) is 25.8. The molecule has 6 rings (SSSR count). The standard InChI is InChI=1S/C17H26N2O.C11H12O2.C6H14N2/c1-19-9-7-15(8-10-19)18-16-5-3-13-4-6-17(20-2)12-14(13)11-16;1-13-11-5-3-8-2-4-10(12)6-9(8)7-11;1-8-4-2-6(7)3-5-8/h4,6,12,15-16,18H,3,5,7-11H2,1-2H3;3,5,7H,2,4,6H2,1H3;6H,2-5,7H2,1H3. The second-order valence-electron chi connectivity index (χ2n) is 12.3. The summed E-state index contributed by atoms with van der Waals surface area (Å²) in [5.41, 5.74) is 11.1. The number of carbonyl (C=O) groups excluding carboxylic acids is 1. The van der Waals surface area contributed by atoms with E-state index in [-0.39, 0.29) is 0 Å². The summed E-state index contributed by atoms with van der Waals surface area (Å²) in [5, 5.41) is 3.89. The first-order valence-corrected chi connectivity index (χ1v) is 15.5. The van der Waals surface area contributed by atoms with Crippen molar-refractivity contribution in [1.29, 1.82) is 0 Å². The van der Waals surface area contributed by atoms with Gasteiger partial charge in [0.15, 0.2) is 0 Å². The number of methoxy groups -OCH3 is 2. The maximum absolute atomic E-state index is 11.2. The van der Waals surface area contributed by atoms with E-state index in [2.05, 4.69) is 53.5 Å². The van der Waals surface area contributed by atoms with Crippen molar-refractivity contribution in [2.45, 2.75) is 82.3 Å². The van der Waals surface area contributed by atoms with Crippen LogP contribution in [0.2, 0.25) is 0 Å². The molecule has 226 valence electrons. The van der Waals surface area contributed by atoms with Crippen molar-refractivity contribution in [3.05, 3.63) is 58.7 Å². The first-order valence-electron chi connectivity index (χ1n) is 15.5. The lowest BCUT2D eigenvalue weighted by Gasteiger charge is -2.34. The summed E-state index contributed by atoms with van der Waals surface area (Å²) in [7, 11) is 7.76. The molecule has 7 heteroatoms. The fourth-order valence-electron chi connectivity index (χ4n) is 6.25. The second-order valence-corrected chi connectivity index (χ2v) is 12.3. The minimum atomic E-state index is 0.334. The summed E-state index contributed by atoms with van der Waals surface area (Å²) in [6.07, 6.45) is 10.7. The van der Waals surface area contributed by atoms with Crippen LogP contribution in [0.5, 0.6) is 11.5 Å². The number of likely N-dealkylation sites (tertiary alicyclic amines) is 2. The molecule has 1 atom stereocenters. The van der Waals surface area contributed by atoms with Crippen LogP contribution in [-0.4, -0.2) is 88.2 Å². The van der Waals surface area contributed by atoms with Crippen LogP contribution < -0.4 is 20.5 Å². The first-order chi connectivity index (χ1) is 19.8. The molecule has 1 unspecified atom stereocenters. The van der Waals surface area contributed by atoms with Crippen LogP contribution in [0.4, 0.5) is 0 Å². The number of hydrogen-bond donors (Lipinski definition) is 2. The summed E-state index contributed by atoms with van der Waals surface area (Å²) < 4.78 is 10.5. The highest BCUT2D eigenvalue weighted by Gasteiger charge is 2.24. The van der Waals surface area contributed by atoms with Crippen molar-refractivity contribution in [3.63, 3.8) is 0 Å². The lowest BCUT2D eigenvalue weighted by atomic mass is 9.87. The van der Waals surface area contributed by atoms with Gasteiger partial charge in [-0.2, -0.15) is 0 Å². The Morgan fingerprint density at radius 1 is 0.707 bits per heavy atom. The number of ketones is 1. The highest BCUT2D eigenvalue weighted by Crippen LogP contribution is 2.26. The van der Waals surface area contributed by atoms with Gasteiger partial charge in [-0.05, 0) is 138 Å². The molecule has 0 bridgehead atoms. The van der Waals surface area contributed by atoms with E-state index in [1.54, 1.807) is 14.2 Å². The zero-order chi connectivity index (χ0) is 29.2. The number of aryl methyl sites for hydroxylation is 2. The maximum Gasteiger partial charge on any atom is 0.137 e. The zero-order valence-corrected chi connectivity index (χ0v) is 25.8. The van der Waals surface area contributed by atoms with E-state index in [0.29, 0.717) is 36.8 Å². The van der Waals surface area contributed by atoms with Gasteiger partial charge >= 0.3 is 0 Å². The largest absolute Gasteiger partial charge is 0.497 e. The van der Waals surface area contributed by atoms with Crippen LogP contribution in [0, 0.1) is 0 Å². The third-order valence-corrected chi connectivity index (χ3v) is 9.07. The molecule has 2 aliphatic carbocycles. The van der Waals surface area contributed by atoms with E-state index in [0.717, 1.165) is 29.9 Å². The van der Waals surface area contributed by atoms with Crippen molar-refractivity contribution in [2.75, 3.05) is 54.5 Å². The Bertz CT molecular complexity index is 1100. The number of carbonyl (C=O) groups is 1. The van der Waals surface area contributed by atoms with Gasteiger partial charge in [-0.25, -0.2) is 0 Å². The van der Waals surface area contributed by atoms with Crippen LogP contribution >= 0.6 is 0 Å². The molecule has 0 amide bonds. The number of benzene rings is 2. The Balaban J connectivity index is 0.000000158. The Kier molecular flexibility index (Phi) is 12.0. The van der Waals surface area contributed by atoms with Crippen LogP contribution in [0.3, 0.4) is 0 Å². The quantitative estimate of drug-likeness (QED) is 0.581. The molecule has 3 N–H and O–H groups in total. The fraction of sp³-hybridized carbons (Fsp3) is 0.618. The molecule has 2 saturated heterocycles. The number of Topliss-reactive ketones (excluding diaryl/α,β-unsaturated/α-hetero) is 1. The number of nitrogens with one attached hydrogen (secondary N) is 1. The molecule has 0 radical (unpaired) electrons. The van der Waals surface area contributed by atoms with Gasteiger partial charge in [-0.3, -0.25) is 4.79 Å².